The van der Waals surface area contributed by atoms with Gasteiger partial charge in [-0.1, -0.05) is 24.3 Å². The summed E-state index contributed by atoms with van der Waals surface area (Å²) >= 11 is 0. The number of carbonyl (C=O) groups is 2. The molecule has 0 aromatic heterocycles. The van der Waals surface area contributed by atoms with Crippen molar-refractivity contribution in [2.45, 2.75) is 19.9 Å². The van der Waals surface area contributed by atoms with E-state index < -0.39 is 17.5 Å². The van der Waals surface area contributed by atoms with Gasteiger partial charge in [-0.05, 0) is 36.6 Å². The molecule has 3 rings (SSSR count). The van der Waals surface area contributed by atoms with Crippen LogP contribution in [0.25, 0.3) is 0 Å². The van der Waals surface area contributed by atoms with Crippen molar-refractivity contribution in [1.82, 2.24) is 4.90 Å². The second kappa shape index (κ2) is 8.51. The molecule has 0 atom stereocenters. The van der Waals surface area contributed by atoms with E-state index in [1.165, 1.54) is 17.7 Å². The summed E-state index contributed by atoms with van der Waals surface area (Å²) in [6, 6.07) is 11.7. The van der Waals surface area contributed by atoms with Gasteiger partial charge in [-0.15, -0.1) is 0 Å². The summed E-state index contributed by atoms with van der Waals surface area (Å²) in [6.07, 6.45) is 0.751. The van der Waals surface area contributed by atoms with Gasteiger partial charge in [-0.2, -0.15) is 0 Å². The highest BCUT2D eigenvalue weighted by Gasteiger charge is 2.23. The first kappa shape index (κ1) is 19.3. The van der Waals surface area contributed by atoms with E-state index in [1.807, 2.05) is 24.3 Å². The van der Waals surface area contributed by atoms with Crippen LogP contribution in [0.3, 0.4) is 0 Å². The Bertz CT molecular complexity index is 911. The Labute approximate surface area is 161 Å². The van der Waals surface area contributed by atoms with Gasteiger partial charge in [0.2, 0.25) is 0 Å². The number of nitrogens with zero attached hydrogens (tertiary/aromatic N) is 2. The highest BCUT2D eigenvalue weighted by molar-refractivity contribution is 5.92. The molecule has 146 valence electrons. The minimum Gasteiger partial charge on any atom is -0.487 e. The number of carbonyl (C=O) groups excluding carboxylic acids is 2. The van der Waals surface area contributed by atoms with Crippen molar-refractivity contribution in [2.24, 2.45) is 0 Å². The van der Waals surface area contributed by atoms with Gasteiger partial charge >= 0.3 is 11.7 Å². The van der Waals surface area contributed by atoms with Crippen LogP contribution in [-0.2, 0) is 22.5 Å². The number of nitro groups is 1. The highest BCUT2D eigenvalue weighted by Crippen LogP contribution is 2.28. The first-order valence-electron chi connectivity index (χ1n) is 8.92. The van der Waals surface area contributed by atoms with Gasteiger partial charge in [0.05, 0.1) is 17.1 Å². The average molecular weight is 384 g/mol. The van der Waals surface area contributed by atoms with Crippen molar-refractivity contribution >= 4 is 17.6 Å². The molecular weight excluding hydrogens is 364 g/mol. The number of esters is 1. The lowest BCUT2D eigenvalue weighted by Crippen LogP contribution is -2.38. The minimum atomic E-state index is -0.795. The molecule has 28 heavy (non-hydrogen) atoms. The molecule has 2 aromatic carbocycles. The first-order chi connectivity index (χ1) is 13.5. The third kappa shape index (κ3) is 4.28. The molecule has 0 saturated carbocycles. The first-order valence-corrected chi connectivity index (χ1v) is 8.92. The molecule has 8 heteroatoms. The molecular formula is C20H20N2O6. The summed E-state index contributed by atoms with van der Waals surface area (Å²) < 4.78 is 10.3. The van der Waals surface area contributed by atoms with E-state index in [4.69, 9.17) is 9.47 Å². The molecule has 0 bridgehead atoms. The van der Waals surface area contributed by atoms with Gasteiger partial charge in [-0.3, -0.25) is 14.9 Å². The Morgan fingerprint density at radius 1 is 1.18 bits per heavy atom. The Balaban J connectivity index is 1.62. The van der Waals surface area contributed by atoms with Gasteiger partial charge in [0.1, 0.15) is 0 Å². The number of ether oxygens (including phenoxy) is 2. The fourth-order valence-electron chi connectivity index (χ4n) is 3.08. The topological polar surface area (TPSA) is 99.0 Å². The standard InChI is InChI=1S/C20H20N2O6/c1-2-27-18-8-7-15(11-17(18)22(25)26)20(24)28-13-19(23)21-10-9-14-5-3-4-6-16(14)12-21/h3-8,11H,2,9-10,12-13H2,1H3. The largest absolute Gasteiger partial charge is 0.487 e. The molecule has 0 radical (unpaired) electrons. The van der Waals surface area contributed by atoms with E-state index in [0.717, 1.165) is 18.1 Å². The molecule has 8 nitrogen and oxygen atoms in total. The summed E-state index contributed by atoms with van der Waals surface area (Å²) in [6.45, 7) is 2.58. The molecule has 0 N–H and O–H groups in total. The van der Waals surface area contributed by atoms with Crippen molar-refractivity contribution in [3.63, 3.8) is 0 Å². The third-order valence-corrected chi connectivity index (χ3v) is 4.50. The predicted molar refractivity (Wildman–Crippen MR) is 100 cm³/mol. The molecule has 0 aliphatic carbocycles. The van der Waals surface area contributed by atoms with Gasteiger partial charge < -0.3 is 14.4 Å². The van der Waals surface area contributed by atoms with Crippen LogP contribution in [0.5, 0.6) is 5.75 Å². The summed E-state index contributed by atoms with van der Waals surface area (Å²) in [4.78, 5) is 36.8. The quantitative estimate of drug-likeness (QED) is 0.431. The zero-order valence-corrected chi connectivity index (χ0v) is 15.4. The van der Waals surface area contributed by atoms with Crippen molar-refractivity contribution in [3.05, 3.63) is 69.3 Å². The average Bonchev–Trinajstić information content (AvgIpc) is 2.71. The fraction of sp³-hybridized carbons (Fsp3) is 0.300. The lowest BCUT2D eigenvalue weighted by atomic mass is 10.00. The number of amides is 1. The molecule has 0 fully saturated rings. The normalized spacial score (nSPS) is 12.8. The third-order valence-electron chi connectivity index (χ3n) is 4.50. The zero-order chi connectivity index (χ0) is 20.1. The van der Waals surface area contributed by atoms with Crippen molar-refractivity contribution in [1.29, 1.82) is 0 Å². The minimum absolute atomic E-state index is 0.00746. The fourth-order valence-corrected chi connectivity index (χ4v) is 3.08. The summed E-state index contributed by atoms with van der Waals surface area (Å²) in [7, 11) is 0. The van der Waals surface area contributed by atoms with E-state index in [-0.39, 0.29) is 29.5 Å². The molecule has 0 spiro atoms. The Kier molecular flexibility index (Phi) is 5.88. The second-order valence-electron chi connectivity index (χ2n) is 6.28. The lowest BCUT2D eigenvalue weighted by molar-refractivity contribution is -0.385. The van der Waals surface area contributed by atoms with Crippen LogP contribution in [0, 0.1) is 10.1 Å². The van der Waals surface area contributed by atoms with Crippen LogP contribution in [0.1, 0.15) is 28.4 Å². The Morgan fingerprint density at radius 3 is 2.64 bits per heavy atom. The summed E-state index contributed by atoms with van der Waals surface area (Å²) in [5.74, 6) is -1.02. The van der Waals surface area contributed by atoms with Gasteiger partial charge in [0.25, 0.3) is 5.91 Å². The van der Waals surface area contributed by atoms with E-state index in [0.29, 0.717) is 13.1 Å². The molecule has 0 saturated heterocycles. The van der Waals surface area contributed by atoms with Crippen molar-refractivity contribution in [3.8, 4) is 5.75 Å². The van der Waals surface area contributed by atoms with E-state index in [1.54, 1.807) is 11.8 Å². The molecule has 0 unspecified atom stereocenters. The molecule has 1 aliphatic heterocycles. The number of benzene rings is 2. The Hall–Kier alpha value is -3.42. The summed E-state index contributed by atoms with van der Waals surface area (Å²) in [5.41, 5.74) is 1.96. The number of hydrogen-bond acceptors (Lipinski definition) is 6. The number of fused-ring (bicyclic) bond motifs is 1. The van der Waals surface area contributed by atoms with E-state index in [9.17, 15) is 19.7 Å². The predicted octanol–water partition coefficient (Wildman–Crippen LogP) is 2.74. The molecule has 1 amide bonds. The van der Waals surface area contributed by atoms with Crippen LogP contribution in [0.15, 0.2) is 42.5 Å². The SMILES string of the molecule is CCOc1ccc(C(=O)OCC(=O)N2CCc3ccccc3C2)cc1[N+](=O)[O-]. The summed E-state index contributed by atoms with van der Waals surface area (Å²) in [5, 5.41) is 11.2. The molecule has 1 heterocycles. The maximum absolute atomic E-state index is 12.4. The van der Waals surface area contributed by atoms with Gasteiger partial charge in [0, 0.05) is 19.2 Å². The van der Waals surface area contributed by atoms with Crippen LogP contribution >= 0.6 is 0 Å². The van der Waals surface area contributed by atoms with E-state index >= 15 is 0 Å². The smallest absolute Gasteiger partial charge is 0.338 e. The van der Waals surface area contributed by atoms with Crippen LogP contribution in [0.4, 0.5) is 5.69 Å². The van der Waals surface area contributed by atoms with E-state index in [2.05, 4.69) is 0 Å². The van der Waals surface area contributed by atoms with Crippen LogP contribution in [-0.4, -0.2) is 41.5 Å². The maximum atomic E-state index is 12.4. The Morgan fingerprint density at radius 2 is 1.93 bits per heavy atom. The highest BCUT2D eigenvalue weighted by atomic mass is 16.6. The van der Waals surface area contributed by atoms with Crippen molar-refractivity contribution in [2.75, 3.05) is 19.8 Å². The molecule has 1 aliphatic rings. The monoisotopic (exact) mass is 384 g/mol. The maximum Gasteiger partial charge on any atom is 0.338 e. The van der Waals surface area contributed by atoms with Gasteiger partial charge in [-0.25, -0.2) is 4.79 Å². The van der Waals surface area contributed by atoms with Crippen LogP contribution in [0.2, 0.25) is 0 Å². The zero-order valence-electron chi connectivity index (χ0n) is 15.4. The number of nitro benzene ring substituents is 1. The molecule has 2 aromatic rings. The van der Waals surface area contributed by atoms with Crippen molar-refractivity contribution < 1.29 is 24.0 Å². The lowest BCUT2D eigenvalue weighted by Gasteiger charge is -2.28. The van der Waals surface area contributed by atoms with Crippen LogP contribution < -0.4 is 4.74 Å². The van der Waals surface area contributed by atoms with Gasteiger partial charge in [0.15, 0.2) is 12.4 Å². The number of hydrogen-bond donors (Lipinski definition) is 0. The number of rotatable bonds is 6. The second-order valence-corrected chi connectivity index (χ2v) is 6.28.